The molecule has 1 heterocycles. The van der Waals surface area contributed by atoms with Crippen molar-refractivity contribution in [2.75, 3.05) is 7.11 Å². The number of ether oxygens (including phenoxy) is 1. The Labute approximate surface area is 160 Å². The van der Waals surface area contributed by atoms with Gasteiger partial charge in [-0.2, -0.15) is 0 Å². The fourth-order valence-corrected chi connectivity index (χ4v) is 2.99. The van der Waals surface area contributed by atoms with Gasteiger partial charge in [-0.05, 0) is 24.3 Å². The first kappa shape index (κ1) is 18.6. The molecule has 0 bridgehead atoms. The number of benzene rings is 2. The minimum atomic E-state index is -4.65. The monoisotopic (exact) mass is 354 g/mol. The molecule has 0 aliphatic rings. The van der Waals surface area contributed by atoms with Crippen LogP contribution in [0.2, 0.25) is 0 Å². The second-order valence-electron chi connectivity index (χ2n) is 4.73. The number of imidazole rings is 1. The first-order valence-electron chi connectivity index (χ1n) is 6.54. The summed E-state index contributed by atoms with van der Waals surface area (Å²) < 4.78 is 38.9. The Hall–Kier alpha value is -1.71. The van der Waals surface area contributed by atoms with Crippen LogP contribution in [0.25, 0.3) is 22.4 Å². The van der Waals surface area contributed by atoms with Gasteiger partial charge in [-0.25, -0.2) is 18.2 Å². The fraction of sp³-hybridized carbons (Fsp3) is 0.0667. The quantitative estimate of drug-likeness (QED) is 0.364. The van der Waals surface area contributed by atoms with Crippen molar-refractivity contribution >= 4 is 27.1 Å². The number of hydrogen-bond acceptors (Lipinski definition) is 6. The van der Waals surface area contributed by atoms with Crippen LogP contribution in [0.3, 0.4) is 0 Å². The van der Waals surface area contributed by atoms with E-state index in [1.54, 1.807) is 24.3 Å². The van der Waals surface area contributed by atoms with Crippen molar-refractivity contribution in [2.24, 2.45) is 0 Å². The Morgan fingerprint density at radius 1 is 1.17 bits per heavy atom. The number of methoxy groups -OCH3 is 1. The Kier molecular flexibility index (Phi) is 5.46. The Balaban J connectivity index is 0.00000208. The predicted octanol–water partition coefficient (Wildman–Crippen LogP) is -1.08. The van der Waals surface area contributed by atoms with Gasteiger partial charge >= 0.3 is 35.5 Å². The first-order valence-corrected chi connectivity index (χ1v) is 7.95. The Morgan fingerprint density at radius 2 is 1.88 bits per heavy atom. The normalized spacial score (nSPS) is 11.1. The number of hydrogen-bond donors (Lipinski definition) is 1. The number of H-pyrrole nitrogens is 1. The maximum atomic E-state index is 11.8. The Bertz CT molecular complexity index is 1010. The van der Waals surface area contributed by atoms with Gasteiger partial charge in [0.15, 0.2) is 0 Å². The summed E-state index contributed by atoms with van der Waals surface area (Å²) in [6, 6.07) is 10.6. The number of nitrogens with zero attached hydrogens (tertiary/aromatic N) is 1. The molecule has 24 heavy (non-hydrogen) atoms. The van der Waals surface area contributed by atoms with Gasteiger partial charge in [0.05, 0.1) is 23.1 Å². The van der Waals surface area contributed by atoms with Crippen molar-refractivity contribution in [1.29, 1.82) is 0 Å². The van der Waals surface area contributed by atoms with Crippen LogP contribution in [0.4, 0.5) is 0 Å². The zero-order valence-electron chi connectivity index (χ0n) is 12.9. The number of nitrogens with one attached hydrogen (secondary N) is 1. The van der Waals surface area contributed by atoms with Crippen LogP contribution < -0.4 is 29.6 Å². The van der Waals surface area contributed by atoms with Gasteiger partial charge in [0, 0.05) is 5.56 Å². The van der Waals surface area contributed by atoms with E-state index in [1.807, 2.05) is 0 Å². The van der Waals surface area contributed by atoms with E-state index in [0.717, 1.165) is 0 Å². The van der Waals surface area contributed by atoms with Gasteiger partial charge < -0.3 is 14.3 Å². The molecule has 0 fully saturated rings. The summed E-state index contributed by atoms with van der Waals surface area (Å²) >= 11 is 0. The molecule has 7 nitrogen and oxygen atoms in total. The predicted molar refractivity (Wildman–Crippen MR) is 80.8 cm³/mol. The van der Waals surface area contributed by atoms with E-state index in [1.165, 1.54) is 25.3 Å². The third-order valence-corrected chi connectivity index (χ3v) is 4.22. The summed E-state index contributed by atoms with van der Waals surface area (Å²) in [4.78, 5) is 18.6. The largest absolute Gasteiger partial charge is 1.00 e. The molecule has 9 heteroatoms. The number of fused-ring (bicyclic) bond motifs is 1. The topological polar surface area (TPSA) is 112 Å². The third kappa shape index (κ3) is 3.38. The second-order valence-corrected chi connectivity index (χ2v) is 6.08. The standard InChI is InChI=1S/C15H12N2O5S.Na/c1-22-15(18)10-6-4-7-11-13(10)17-14(16-11)9-5-2-3-8-12(9)23(19,20)21;/h2-8H,1H3,(H,16,17)(H,19,20,21);/q;+1/p-1. The second kappa shape index (κ2) is 7.04. The van der Waals surface area contributed by atoms with Gasteiger partial charge in [0.1, 0.15) is 21.5 Å². The van der Waals surface area contributed by atoms with Crippen LogP contribution in [0.1, 0.15) is 10.4 Å². The smallest absolute Gasteiger partial charge is 0.744 e. The number of aromatic nitrogens is 2. The van der Waals surface area contributed by atoms with E-state index in [0.29, 0.717) is 11.0 Å². The van der Waals surface area contributed by atoms with Crippen molar-refractivity contribution < 1.29 is 52.1 Å². The maximum Gasteiger partial charge on any atom is 1.00 e. The molecule has 0 saturated heterocycles. The first-order chi connectivity index (χ1) is 10.9. The summed E-state index contributed by atoms with van der Waals surface area (Å²) in [5.74, 6) is -0.371. The zero-order chi connectivity index (χ0) is 16.6. The molecule has 1 N–H and O–H groups in total. The number of para-hydroxylation sites is 1. The van der Waals surface area contributed by atoms with Crippen LogP contribution in [0.5, 0.6) is 0 Å². The van der Waals surface area contributed by atoms with Crippen LogP contribution in [0, 0.1) is 0 Å². The van der Waals surface area contributed by atoms with Crippen molar-refractivity contribution in [3.63, 3.8) is 0 Å². The van der Waals surface area contributed by atoms with Crippen LogP contribution in [-0.2, 0) is 14.9 Å². The number of carbonyl (C=O) groups is 1. The molecule has 3 aromatic rings. The van der Waals surface area contributed by atoms with Crippen molar-refractivity contribution in [3.05, 3.63) is 48.0 Å². The summed E-state index contributed by atoms with van der Waals surface area (Å²) in [7, 11) is -3.39. The molecule has 0 spiro atoms. The number of aromatic amines is 1. The summed E-state index contributed by atoms with van der Waals surface area (Å²) in [6.45, 7) is 0. The van der Waals surface area contributed by atoms with Crippen LogP contribution >= 0.6 is 0 Å². The molecule has 0 saturated carbocycles. The molecule has 1 aromatic heterocycles. The van der Waals surface area contributed by atoms with E-state index < -0.39 is 16.1 Å². The van der Waals surface area contributed by atoms with E-state index >= 15 is 0 Å². The van der Waals surface area contributed by atoms with Crippen molar-refractivity contribution in [3.8, 4) is 11.4 Å². The van der Waals surface area contributed by atoms with E-state index in [4.69, 9.17) is 4.74 Å². The molecule has 0 amide bonds. The summed E-state index contributed by atoms with van der Waals surface area (Å²) in [6.07, 6.45) is 0. The summed E-state index contributed by atoms with van der Waals surface area (Å²) in [5.41, 5.74) is 1.26. The molecule has 0 aliphatic carbocycles. The third-order valence-electron chi connectivity index (χ3n) is 3.33. The minimum absolute atomic E-state index is 0. The average molecular weight is 354 g/mol. The van der Waals surface area contributed by atoms with Gasteiger partial charge in [-0.3, -0.25) is 0 Å². The molecule has 0 radical (unpaired) electrons. The molecule has 3 rings (SSSR count). The van der Waals surface area contributed by atoms with E-state index in [2.05, 4.69) is 9.97 Å². The number of rotatable bonds is 3. The van der Waals surface area contributed by atoms with Gasteiger partial charge in [0.2, 0.25) is 0 Å². The average Bonchev–Trinajstić information content (AvgIpc) is 2.97. The van der Waals surface area contributed by atoms with Crippen molar-refractivity contribution in [2.45, 2.75) is 4.90 Å². The minimum Gasteiger partial charge on any atom is -0.744 e. The number of carbonyl (C=O) groups excluding carboxylic acids is 1. The Morgan fingerprint density at radius 3 is 2.54 bits per heavy atom. The molecular formula is C15H11N2NaO5S. The van der Waals surface area contributed by atoms with Crippen LogP contribution in [0.15, 0.2) is 47.4 Å². The van der Waals surface area contributed by atoms with Gasteiger partial charge in [0.25, 0.3) is 0 Å². The van der Waals surface area contributed by atoms with Crippen molar-refractivity contribution in [1.82, 2.24) is 9.97 Å². The summed E-state index contributed by atoms with van der Waals surface area (Å²) in [5, 5.41) is 0. The molecular weight excluding hydrogens is 343 g/mol. The SMILES string of the molecule is COC(=O)c1cccc2[nH]c(-c3ccccc3S(=O)(=O)[O-])nc12.[Na+]. The van der Waals surface area contributed by atoms with Crippen LogP contribution in [-0.4, -0.2) is 36.0 Å². The molecule has 0 atom stereocenters. The molecule has 0 unspecified atom stereocenters. The van der Waals surface area contributed by atoms with E-state index in [-0.39, 0.29) is 51.4 Å². The maximum absolute atomic E-state index is 11.8. The number of esters is 1. The fourth-order valence-electron chi connectivity index (χ4n) is 2.31. The zero-order valence-corrected chi connectivity index (χ0v) is 15.8. The molecule has 0 aliphatic heterocycles. The van der Waals surface area contributed by atoms with Gasteiger partial charge in [-0.15, -0.1) is 0 Å². The molecule has 2 aromatic carbocycles. The van der Waals surface area contributed by atoms with E-state index in [9.17, 15) is 17.8 Å². The van der Waals surface area contributed by atoms with Gasteiger partial charge in [-0.1, -0.05) is 18.2 Å². The molecule has 118 valence electrons.